The number of carbonyl (C=O) groups excluding carboxylic acids is 1. The van der Waals surface area contributed by atoms with E-state index in [-0.39, 0.29) is 22.8 Å². The molecule has 134 valence electrons. The Hall–Kier alpha value is -1.35. The number of amides is 1. The van der Waals surface area contributed by atoms with Crippen LogP contribution in [-0.2, 0) is 14.8 Å². The van der Waals surface area contributed by atoms with E-state index in [2.05, 4.69) is 10.0 Å². The van der Waals surface area contributed by atoms with Gasteiger partial charge in [0.2, 0.25) is 15.9 Å². The van der Waals surface area contributed by atoms with E-state index in [4.69, 9.17) is 0 Å². The lowest BCUT2D eigenvalue weighted by Crippen LogP contribution is -2.31. The highest BCUT2D eigenvalue weighted by Crippen LogP contribution is 2.33. The van der Waals surface area contributed by atoms with Crippen molar-refractivity contribution in [1.82, 2.24) is 4.72 Å². The van der Waals surface area contributed by atoms with Crippen LogP contribution in [-0.4, -0.2) is 20.1 Å². The molecule has 0 saturated carbocycles. The Morgan fingerprint density at radius 2 is 2.04 bits per heavy atom. The number of fused-ring (bicyclic) bond motifs is 1. The molecule has 1 aliphatic heterocycles. The Labute approximate surface area is 156 Å². The van der Waals surface area contributed by atoms with Crippen molar-refractivity contribution in [1.29, 1.82) is 0 Å². The van der Waals surface area contributed by atoms with Crippen LogP contribution < -0.4 is 10.0 Å². The molecule has 5 nitrogen and oxygen atoms in total. The third-order valence-corrected chi connectivity index (χ3v) is 7.39. The van der Waals surface area contributed by atoms with Gasteiger partial charge in [0, 0.05) is 21.9 Å². The molecule has 1 aliphatic rings. The fourth-order valence-corrected chi connectivity index (χ4v) is 5.94. The van der Waals surface area contributed by atoms with Gasteiger partial charge in [0.25, 0.3) is 0 Å². The first-order valence-corrected chi connectivity index (χ1v) is 11.3. The van der Waals surface area contributed by atoms with Gasteiger partial charge < -0.3 is 5.32 Å². The van der Waals surface area contributed by atoms with E-state index in [0.717, 1.165) is 9.77 Å². The molecule has 1 aromatic carbocycles. The summed E-state index contributed by atoms with van der Waals surface area (Å²) >= 11 is 3.09. The topological polar surface area (TPSA) is 75.3 Å². The van der Waals surface area contributed by atoms with Crippen molar-refractivity contribution in [3.63, 3.8) is 0 Å². The van der Waals surface area contributed by atoms with E-state index >= 15 is 0 Å². The average molecular weight is 397 g/mol. The van der Waals surface area contributed by atoms with Crippen molar-refractivity contribution < 1.29 is 13.2 Å². The van der Waals surface area contributed by atoms with E-state index < -0.39 is 10.0 Å². The van der Waals surface area contributed by atoms with Crippen LogP contribution in [0, 0.1) is 5.92 Å². The quantitative estimate of drug-likeness (QED) is 0.805. The fourth-order valence-electron chi connectivity index (χ4n) is 2.59. The van der Waals surface area contributed by atoms with Crippen molar-refractivity contribution in [3.8, 4) is 0 Å². The largest absolute Gasteiger partial charge is 0.325 e. The zero-order valence-corrected chi connectivity index (χ0v) is 16.4. The number of thiophene rings is 1. The summed E-state index contributed by atoms with van der Waals surface area (Å²) < 4.78 is 28.5. The fraction of sp³-hybridized carbons (Fsp3) is 0.353. The van der Waals surface area contributed by atoms with E-state index in [1.165, 1.54) is 11.3 Å². The molecule has 0 aliphatic carbocycles. The summed E-state index contributed by atoms with van der Waals surface area (Å²) in [6.45, 7) is 3.97. The van der Waals surface area contributed by atoms with E-state index in [1.54, 1.807) is 30.0 Å². The van der Waals surface area contributed by atoms with Gasteiger partial charge in [0.1, 0.15) is 0 Å². The maximum atomic E-state index is 12.9. The molecular weight excluding hydrogens is 376 g/mol. The van der Waals surface area contributed by atoms with Crippen LogP contribution in [0.4, 0.5) is 5.69 Å². The highest BCUT2D eigenvalue weighted by atomic mass is 32.2. The highest BCUT2D eigenvalue weighted by molar-refractivity contribution is 7.99. The van der Waals surface area contributed by atoms with Crippen LogP contribution in [0.2, 0.25) is 0 Å². The predicted molar refractivity (Wildman–Crippen MR) is 103 cm³/mol. The number of anilines is 1. The van der Waals surface area contributed by atoms with Crippen molar-refractivity contribution >= 4 is 44.7 Å². The Balaban J connectivity index is 1.91. The Bertz CT molecular complexity index is 861. The van der Waals surface area contributed by atoms with E-state index in [9.17, 15) is 13.2 Å². The van der Waals surface area contributed by atoms with Crippen molar-refractivity contribution in [2.24, 2.45) is 5.92 Å². The van der Waals surface area contributed by atoms with Crippen LogP contribution in [0.3, 0.4) is 0 Å². The molecule has 2 aromatic rings. The maximum Gasteiger partial charge on any atom is 0.241 e. The minimum atomic E-state index is -3.70. The molecule has 0 bridgehead atoms. The second kappa shape index (κ2) is 7.49. The average Bonchev–Trinajstić information content (AvgIpc) is 3.01. The Kier molecular flexibility index (Phi) is 5.52. The monoisotopic (exact) mass is 396 g/mol. The van der Waals surface area contributed by atoms with Gasteiger partial charge in [-0.2, -0.15) is 0 Å². The Morgan fingerprint density at radius 3 is 2.72 bits per heavy atom. The summed E-state index contributed by atoms with van der Waals surface area (Å²) in [7, 11) is -3.70. The molecule has 3 rings (SSSR count). The first kappa shape index (κ1) is 18.4. The summed E-state index contributed by atoms with van der Waals surface area (Å²) in [6, 6.07) is 8.46. The van der Waals surface area contributed by atoms with Gasteiger partial charge in [-0.3, -0.25) is 4.79 Å². The number of rotatable bonds is 5. The normalized spacial score (nSPS) is 16.2. The molecule has 1 unspecified atom stereocenters. The van der Waals surface area contributed by atoms with Gasteiger partial charge in [-0.05, 0) is 35.6 Å². The van der Waals surface area contributed by atoms with Crippen LogP contribution in [0.25, 0.3) is 0 Å². The molecule has 0 spiro atoms. The minimum absolute atomic E-state index is 0.0904. The number of hydrogen-bond donors (Lipinski definition) is 2. The van der Waals surface area contributed by atoms with Gasteiger partial charge in [-0.25, -0.2) is 13.1 Å². The molecule has 1 aromatic heterocycles. The molecule has 1 amide bonds. The lowest BCUT2D eigenvalue weighted by Gasteiger charge is -2.21. The van der Waals surface area contributed by atoms with Crippen LogP contribution in [0.15, 0.2) is 45.5 Å². The standard InChI is InChI=1S/C17H20N2O3S3/c1-11(2)17(15-4-3-8-23-15)19-25(21,22)12-5-6-14-13(10-12)18-16(20)7-9-24-14/h3-6,8,10-11,17,19H,7,9H2,1-2H3,(H,18,20). The number of sulfonamides is 1. The number of benzene rings is 1. The molecular formula is C17H20N2O3S3. The molecule has 0 radical (unpaired) electrons. The molecule has 25 heavy (non-hydrogen) atoms. The Morgan fingerprint density at radius 1 is 1.24 bits per heavy atom. The highest BCUT2D eigenvalue weighted by Gasteiger charge is 2.26. The molecule has 0 saturated heterocycles. The van der Waals surface area contributed by atoms with Gasteiger partial charge in [-0.1, -0.05) is 19.9 Å². The third kappa shape index (κ3) is 4.25. The predicted octanol–water partition coefficient (Wildman–Crippen LogP) is 3.86. The third-order valence-electron chi connectivity index (χ3n) is 3.92. The van der Waals surface area contributed by atoms with Crippen molar-refractivity contribution in [3.05, 3.63) is 40.6 Å². The summed E-state index contributed by atoms with van der Waals surface area (Å²) in [6.07, 6.45) is 0.424. The summed E-state index contributed by atoms with van der Waals surface area (Å²) in [5.74, 6) is 0.716. The maximum absolute atomic E-state index is 12.9. The van der Waals surface area contributed by atoms with Gasteiger partial charge >= 0.3 is 0 Å². The molecule has 2 heterocycles. The SMILES string of the molecule is CC(C)C(NS(=O)(=O)c1ccc2c(c1)NC(=O)CCS2)c1cccs1. The van der Waals surface area contributed by atoms with Crippen LogP contribution in [0.1, 0.15) is 31.2 Å². The number of thioether (sulfide) groups is 1. The molecule has 8 heteroatoms. The zero-order valence-electron chi connectivity index (χ0n) is 14.0. The first-order valence-electron chi connectivity index (χ1n) is 7.99. The number of carbonyl (C=O) groups is 1. The summed E-state index contributed by atoms with van der Waals surface area (Å²) in [4.78, 5) is 13.8. The zero-order chi connectivity index (χ0) is 18.0. The van der Waals surface area contributed by atoms with Crippen molar-refractivity contribution in [2.45, 2.75) is 36.1 Å². The smallest absolute Gasteiger partial charge is 0.241 e. The second-order valence-electron chi connectivity index (χ2n) is 6.16. The second-order valence-corrected chi connectivity index (χ2v) is 9.99. The van der Waals surface area contributed by atoms with E-state index in [1.807, 2.05) is 31.4 Å². The van der Waals surface area contributed by atoms with Crippen LogP contribution in [0.5, 0.6) is 0 Å². The first-order chi connectivity index (χ1) is 11.9. The summed E-state index contributed by atoms with van der Waals surface area (Å²) in [5, 5.41) is 4.73. The molecule has 0 fully saturated rings. The lowest BCUT2D eigenvalue weighted by atomic mass is 10.0. The van der Waals surface area contributed by atoms with Gasteiger partial charge in [0.15, 0.2) is 0 Å². The number of nitrogens with one attached hydrogen (secondary N) is 2. The van der Waals surface area contributed by atoms with Crippen LogP contribution >= 0.6 is 23.1 Å². The van der Waals surface area contributed by atoms with Crippen molar-refractivity contribution in [2.75, 3.05) is 11.1 Å². The van der Waals surface area contributed by atoms with Gasteiger partial charge in [0.05, 0.1) is 16.6 Å². The lowest BCUT2D eigenvalue weighted by molar-refractivity contribution is -0.115. The number of hydrogen-bond acceptors (Lipinski definition) is 5. The summed E-state index contributed by atoms with van der Waals surface area (Å²) in [5.41, 5.74) is 0.563. The van der Waals surface area contributed by atoms with Gasteiger partial charge in [-0.15, -0.1) is 23.1 Å². The molecule has 1 atom stereocenters. The molecule has 2 N–H and O–H groups in total. The minimum Gasteiger partial charge on any atom is -0.325 e. The van der Waals surface area contributed by atoms with E-state index in [0.29, 0.717) is 17.9 Å².